The van der Waals surface area contributed by atoms with Gasteiger partial charge in [0.15, 0.2) is 0 Å². The first-order chi connectivity index (χ1) is 10.6. The molecule has 0 radical (unpaired) electrons. The van der Waals surface area contributed by atoms with Crippen LogP contribution in [0.1, 0.15) is 32.6 Å². The van der Waals surface area contributed by atoms with Crippen LogP contribution in [-0.4, -0.2) is 74.1 Å². The summed E-state index contributed by atoms with van der Waals surface area (Å²) < 4.78 is 11.0. The van der Waals surface area contributed by atoms with Crippen LogP contribution in [0.15, 0.2) is 0 Å². The van der Waals surface area contributed by atoms with E-state index in [1.807, 2.05) is 7.05 Å². The molecule has 2 saturated heterocycles. The Bertz CT molecular complexity index is 347. The molecule has 1 amide bonds. The van der Waals surface area contributed by atoms with E-state index in [2.05, 4.69) is 17.1 Å². The van der Waals surface area contributed by atoms with Gasteiger partial charge in [0.05, 0.1) is 18.8 Å². The highest BCUT2D eigenvalue weighted by molar-refractivity contribution is 5.79. The van der Waals surface area contributed by atoms with Crippen molar-refractivity contribution in [1.82, 2.24) is 10.2 Å². The van der Waals surface area contributed by atoms with E-state index in [1.165, 1.54) is 0 Å². The lowest BCUT2D eigenvalue weighted by Gasteiger charge is -2.25. The van der Waals surface area contributed by atoms with Gasteiger partial charge in [-0.05, 0) is 32.9 Å². The van der Waals surface area contributed by atoms with E-state index in [-0.39, 0.29) is 24.0 Å². The van der Waals surface area contributed by atoms with Crippen LogP contribution in [0.3, 0.4) is 0 Å². The summed E-state index contributed by atoms with van der Waals surface area (Å²) in [6.07, 6.45) is 2.97. The average molecular weight is 314 g/mol. The van der Waals surface area contributed by atoms with Crippen LogP contribution in [0.5, 0.6) is 0 Å². The summed E-state index contributed by atoms with van der Waals surface area (Å²) in [6.45, 7) is 5.55. The smallest absolute Gasteiger partial charge is 0.223 e. The van der Waals surface area contributed by atoms with E-state index < -0.39 is 6.10 Å². The Hall–Kier alpha value is -0.690. The molecule has 2 N–H and O–H groups in total. The van der Waals surface area contributed by atoms with Crippen LogP contribution >= 0.6 is 0 Å². The quantitative estimate of drug-likeness (QED) is 0.711. The monoisotopic (exact) mass is 314 g/mol. The third-order valence-corrected chi connectivity index (χ3v) is 4.59. The second-order valence-electron chi connectivity index (χ2n) is 6.48. The summed E-state index contributed by atoms with van der Waals surface area (Å²) in [5.41, 5.74) is 0. The van der Waals surface area contributed by atoms with E-state index in [9.17, 15) is 9.90 Å². The molecule has 0 saturated carbocycles. The molecule has 0 bridgehead atoms. The Morgan fingerprint density at radius 3 is 2.77 bits per heavy atom. The van der Waals surface area contributed by atoms with Crippen molar-refractivity contribution in [2.75, 3.05) is 40.0 Å². The van der Waals surface area contributed by atoms with Crippen LogP contribution < -0.4 is 5.32 Å². The number of carbonyl (C=O) groups is 1. The van der Waals surface area contributed by atoms with Crippen LogP contribution in [0, 0.1) is 5.92 Å². The molecule has 2 rings (SSSR count). The van der Waals surface area contributed by atoms with Gasteiger partial charge >= 0.3 is 0 Å². The molecule has 22 heavy (non-hydrogen) atoms. The maximum absolute atomic E-state index is 12.2. The fraction of sp³-hybridized carbons (Fsp3) is 0.938. The van der Waals surface area contributed by atoms with Crippen LogP contribution in [0.25, 0.3) is 0 Å². The topological polar surface area (TPSA) is 71.0 Å². The predicted octanol–water partition coefficient (Wildman–Crippen LogP) is 0.389. The number of rotatable bonds is 7. The largest absolute Gasteiger partial charge is 0.388 e. The van der Waals surface area contributed by atoms with Crippen molar-refractivity contribution in [3.8, 4) is 0 Å². The standard InChI is InChI=1S/C16H30N2O4/c1-3-4-7-18(2)10-14-15(19)13(11-22-14)17-16(20)12-5-8-21-9-6-12/h12-15,19H,3-11H2,1-2H3,(H,17,20)/t13-,14-,15+/m0/s1. The highest BCUT2D eigenvalue weighted by Crippen LogP contribution is 2.19. The van der Waals surface area contributed by atoms with Gasteiger partial charge < -0.3 is 24.8 Å². The van der Waals surface area contributed by atoms with E-state index >= 15 is 0 Å². The fourth-order valence-electron chi connectivity index (χ4n) is 3.06. The van der Waals surface area contributed by atoms with Crippen molar-refractivity contribution in [3.05, 3.63) is 0 Å². The number of hydrogen-bond acceptors (Lipinski definition) is 5. The molecule has 0 aromatic carbocycles. The minimum atomic E-state index is -0.632. The summed E-state index contributed by atoms with van der Waals surface area (Å²) in [5.74, 6) is 0.0307. The van der Waals surface area contributed by atoms with Crippen LogP contribution in [0.4, 0.5) is 0 Å². The lowest BCUT2D eigenvalue weighted by molar-refractivity contribution is -0.129. The maximum Gasteiger partial charge on any atom is 0.223 e. The molecular formula is C16H30N2O4. The molecule has 6 heteroatoms. The highest BCUT2D eigenvalue weighted by Gasteiger charge is 2.38. The minimum Gasteiger partial charge on any atom is -0.388 e. The van der Waals surface area contributed by atoms with E-state index in [0.717, 1.165) is 32.2 Å². The van der Waals surface area contributed by atoms with Crippen LogP contribution in [0.2, 0.25) is 0 Å². The molecule has 0 spiro atoms. The lowest BCUT2D eigenvalue weighted by atomic mass is 9.98. The minimum absolute atomic E-state index is 0.00669. The Balaban J connectivity index is 1.75. The van der Waals surface area contributed by atoms with Gasteiger partial charge in [0, 0.05) is 25.7 Å². The van der Waals surface area contributed by atoms with E-state index in [1.54, 1.807) is 0 Å². The first-order valence-corrected chi connectivity index (χ1v) is 8.48. The highest BCUT2D eigenvalue weighted by atomic mass is 16.5. The van der Waals surface area contributed by atoms with Gasteiger partial charge in [-0.1, -0.05) is 13.3 Å². The zero-order valence-electron chi connectivity index (χ0n) is 13.8. The summed E-state index contributed by atoms with van der Waals surface area (Å²) in [7, 11) is 2.04. The molecule has 2 aliphatic rings. The molecule has 0 aromatic heterocycles. The molecule has 3 atom stereocenters. The summed E-state index contributed by atoms with van der Waals surface area (Å²) in [6, 6.07) is -0.292. The number of nitrogens with zero attached hydrogens (tertiary/aromatic N) is 1. The fourth-order valence-corrected chi connectivity index (χ4v) is 3.06. The zero-order chi connectivity index (χ0) is 15.9. The molecule has 2 heterocycles. The second-order valence-corrected chi connectivity index (χ2v) is 6.48. The first kappa shape index (κ1) is 17.7. The third-order valence-electron chi connectivity index (χ3n) is 4.59. The van der Waals surface area contributed by atoms with Gasteiger partial charge in [-0.15, -0.1) is 0 Å². The van der Waals surface area contributed by atoms with Gasteiger partial charge in [-0.25, -0.2) is 0 Å². The van der Waals surface area contributed by atoms with Gasteiger partial charge in [0.1, 0.15) is 6.10 Å². The number of aliphatic hydroxyl groups is 1. The predicted molar refractivity (Wildman–Crippen MR) is 83.6 cm³/mol. The second kappa shape index (κ2) is 8.82. The molecule has 2 fully saturated rings. The Kier molecular flexibility index (Phi) is 7.08. The van der Waals surface area contributed by atoms with Crippen molar-refractivity contribution in [3.63, 3.8) is 0 Å². The van der Waals surface area contributed by atoms with Crippen molar-refractivity contribution in [2.24, 2.45) is 5.92 Å². The van der Waals surface area contributed by atoms with Crippen molar-refractivity contribution in [2.45, 2.75) is 50.9 Å². The van der Waals surface area contributed by atoms with E-state index in [0.29, 0.717) is 26.4 Å². The van der Waals surface area contributed by atoms with Crippen molar-refractivity contribution in [1.29, 1.82) is 0 Å². The van der Waals surface area contributed by atoms with Crippen molar-refractivity contribution < 1.29 is 19.4 Å². The Morgan fingerprint density at radius 1 is 1.36 bits per heavy atom. The Morgan fingerprint density at radius 2 is 2.09 bits per heavy atom. The molecule has 128 valence electrons. The van der Waals surface area contributed by atoms with Crippen molar-refractivity contribution >= 4 is 5.91 Å². The van der Waals surface area contributed by atoms with Crippen LogP contribution in [-0.2, 0) is 14.3 Å². The van der Waals surface area contributed by atoms with Gasteiger partial charge in [-0.2, -0.15) is 0 Å². The van der Waals surface area contributed by atoms with Gasteiger partial charge in [0.2, 0.25) is 5.91 Å². The number of amides is 1. The molecular weight excluding hydrogens is 284 g/mol. The lowest BCUT2D eigenvalue weighted by Crippen LogP contribution is -2.48. The number of carbonyl (C=O) groups excluding carboxylic acids is 1. The normalized spacial score (nSPS) is 29.9. The SMILES string of the molecule is CCCCN(C)C[C@@H]1OC[C@H](NC(=O)C2CCOCC2)[C@H]1O. The Labute approximate surface area is 133 Å². The number of unbranched alkanes of at least 4 members (excludes halogenated alkanes) is 1. The van der Waals surface area contributed by atoms with Gasteiger partial charge in [-0.3, -0.25) is 4.79 Å². The van der Waals surface area contributed by atoms with E-state index in [4.69, 9.17) is 9.47 Å². The number of ether oxygens (including phenoxy) is 2. The number of hydrogen-bond donors (Lipinski definition) is 2. The third kappa shape index (κ3) is 4.91. The molecule has 0 aromatic rings. The maximum atomic E-state index is 12.2. The molecule has 6 nitrogen and oxygen atoms in total. The number of likely N-dealkylation sites (N-methyl/N-ethyl adjacent to an activating group) is 1. The number of nitrogens with one attached hydrogen (secondary N) is 1. The van der Waals surface area contributed by atoms with Gasteiger partial charge in [0.25, 0.3) is 0 Å². The summed E-state index contributed by atoms with van der Waals surface area (Å²) in [5, 5.41) is 13.3. The summed E-state index contributed by atoms with van der Waals surface area (Å²) >= 11 is 0. The zero-order valence-corrected chi connectivity index (χ0v) is 13.8. The molecule has 0 aliphatic carbocycles. The average Bonchev–Trinajstić information content (AvgIpc) is 2.87. The molecule has 2 aliphatic heterocycles. The molecule has 0 unspecified atom stereocenters. The summed E-state index contributed by atoms with van der Waals surface area (Å²) in [4.78, 5) is 14.4. The first-order valence-electron chi connectivity index (χ1n) is 8.48. The number of aliphatic hydroxyl groups excluding tert-OH is 1.